The summed E-state index contributed by atoms with van der Waals surface area (Å²) in [7, 11) is -1.48. The smallest absolute Gasteiger partial charge is 0.305 e. The molecule has 40 heavy (non-hydrogen) atoms. The van der Waals surface area contributed by atoms with E-state index in [4.69, 9.17) is 5.73 Å². The van der Waals surface area contributed by atoms with Crippen LogP contribution in [0.2, 0.25) is 0 Å². The maximum Gasteiger partial charge on any atom is 0.305 e. The molecule has 0 spiro atoms. The maximum atomic E-state index is 13.7. The highest BCUT2D eigenvalue weighted by Gasteiger charge is 2.42. The number of nitrogens with zero attached hydrogens (tertiary/aromatic N) is 1. The fraction of sp³-hybridized carbons (Fsp3) is 0.212. The molecule has 0 unspecified atom stereocenters. The molecule has 3 atom stereocenters. The lowest BCUT2D eigenvalue weighted by molar-refractivity contribution is -0.142. The van der Waals surface area contributed by atoms with Crippen molar-refractivity contribution in [3.05, 3.63) is 121 Å². The fourth-order valence-electron chi connectivity index (χ4n) is 5.54. The van der Waals surface area contributed by atoms with Gasteiger partial charge in [0.15, 0.2) is 0 Å². The molecule has 0 bridgehead atoms. The van der Waals surface area contributed by atoms with E-state index in [1.165, 1.54) is 21.2 Å². The van der Waals surface area contributed by atoms with Crippen LogP contribution in [0.1, 0.15) is 12.8 Å². The average Bonchev–Trinajstić information content (AvgIpc) is 3.40. The van der Waals surface area contributed by atoms with Crippen LogP contribution in [0.5, 0.6) is 0 Å². The van der Waals surface area contributed by atoms with E-state index in [1.807, 2.05) is 29.2 Å². The van der Waals surface area contributed by atoms with Gasteiger partial charge in [-0.2, -0.15) is 0 Å². The summed E-state index contributed by atoms with van der Waals surface area (Å²) in [6.07, 6.45) is 1.28. The van der Waals surface area contributed by atoms with Crippen LogP contribution in [0, 0.1) is 0 Å². The van der Waals surface area contributed by atoms with Gasteiger partial charge in [-0.15, -0.1) is 0 Å². The van der Waals surface area contributed by atoms with Crippen molar-refractivity contribution in [1.82, 2.24) is 4.90 Å². The van der Waals surface area contributed by atoms with Gasteiger partial charge in [0.25, 0.3) is 0 Å². The van der Waals surface area contributed by atoms with E-state index in [1.54, 1.807) is 0 Å². The van der Waals surface area contributed by atoms with Crippen LogP contribution < -0.4 is 27.0 Å². The summed E-state index contributed by atoms with van der Waals surface area (Å²) in [5.74, 6) is -1.32. The van der Waals surface area contributed by atoms with E-state index >= 15 is 0 Å². The van der Waals surface area contributed by atoms with Crippen molar-refractivity contribution in [2.75, 3.05) is 12.7 Å². The lowest BCUT2D eigenvalue weighted by Crippen LogP contribution is -2.48. The lowest BCUT2D eigenvalue weighted by Gasteiger charge is -2.30. The van der Waals surface area contributed by atoms with E-state index < -0.39 is 27.9 Å². The Labute approximate surface area is 238 Å². The highest BCUT2D eigenvalue weighted by Crippen LogP contribution is 2.48. The molecule has 7 heteroatoms. The molecule has 0 radical (unpaired) electrons. The Morgan fingerprint density at radius 2 is 1.18 bits per heavy atom. The summed E-state index contributed by atoms with van der Waals surface area (Å²) >= 11 is 0. The first-order valence-corrected chi connectivity index (χ1v) is 16.5. The van der Waals surface area contributed by atoms with Crippen LogP contribution in [-0.4, -0.2) is 52.3 Å². The van der Waals surface area contributed by atoms with E-state index in [0.717, 1.165) is 12.6 Å². The molecule has 0 aromatic heterocycles. The van der Waals surface area contributed by atoms with Crippen molar-refractivity contribution in [3.8, 4) is 0 Å². The number of benzene rings is 4. The topological polar surface area (TPSA) is 83.6 Å². The van der Waals surface area contributed by atoms with Crippen molar-refractivity contribution in [3.63, 3.8) is 0 Å². The summed E-state index contributed by atoms with van der Waals surface area (Å²) in [6.45, 7) is 0.569. The molecule has 3 N–H and O–H groups in total. The molecule has 1 saturated heterocycles. The lowest BCUT2D eigenvalue weighted by atomic mass is 10.2. The second kappa shape index (κ2) is 13.3. The first-order chi connectivity index (χ1) is 19.5. The van der Waals surface area contributed by atoms with Crippen molar-refractivity contribution < 1.29 is 14.7 Å². The molecule has 1 aliphatic heterocycles. The second-order valence-corrected chi connectivity index (χ2v) is 14.8. The van der Waals surface area contributed by atoms with Gasteiger partial charge in [-0.3, -0.25) is 9.59 Å². The van der Waals surface area contributed by atoms with Gasteiger partial charge < -0.3 is 15.7 Å². The summed E-state index contributed by atoms with van der Waals surface area (Å²) in [6, 6.07) is 41.1. The van der Waals surface area contributed by atoms with Crippen LogP contribution in [0.25, 0.3) is 0 Å². The zero-order valence-electron chi connectivity index (χ0n) is 22.3. The number of carbonyl (C=O) groups excluding carboxylic acids is 1. The van der Waals surface area contributed by atoms with E-state index in [9.17, 15) is 14.7 Å². The van der Waals surface area contributed by atoms with E-state index in [0.29, 0.717) is 6.54 Å². The Bertz CT molecular complexity index is 1310. The van der Waals surface area contributed by atoms with Gasteiger partial charge in [0.05, 0.1) is 12.5 Å². The molecule has 1 fully saturated rings. The molecule has 5 rings (SSSR count). The molecule has 4 aromatic carbocycles. The molecule has 5 nitrogen and oxygen atoms in total. The number of aliphatic carboxylic acids is 1. The average molecular weight is 569 g/mol. The number of rotatable bonds is 10. The van der Waals surface area contributed by atoms with Crippen molar-refractivity contribution in [2.45, 2.75) is 30.6 Å². The van der Waals surface area contributed by atoms with Crippen LogP contribution in [0.15, 0.2) is 121 Å². The predicted molar refractivity (Wildman–Crippen MR) is 167 cm³/mol. The molecular formula is C33H34N2O3P2. The molecular weight excluding hydrogens is 534 g/mol. The Hall–Kier alpha value is -3.36. The highest BCUT2D eigenvalue weighted by molar-refractivity contribution is 7.74. The Morgan fingerprint density at radius 1 is 0.750 bits per heavy atom. The first-order valence-electron chi connectivity index (χ1n) is 13.6. The SMILES string of the molecule is N[C@@H](CC(=O)O)C(=O)N1C[C@@H](P(c2ccccc2)c2ccccc2)C[C@H]1CP(c1ccccc1)c1ccccc1. The molecule has 1 amide bonds. The largest absolute Gasteiger partial charge is 0.481 e. The van der Waals surface area contributed by atoms with Gasteiger partial charge in [-0.05, 0) is 49.6 Å². The number of amides is 1. The Balaban J connectivity index is 1.52. The van der Waals surface area contributed by atoms with Gasteiger partial charge in [0.1, 0.15) is 0 Å². The quantitative estimate of drug-likeness (QED) is 0.283. The minimum absolute atomic E-state index is 0.0405. The number of likely N-dealkylation sites (tertiary alicyclic amines) is 1. The normalized spacial score (nSPS) is 17.7. The highest BCUT2D eigenvalue weighted by atomic mass is 31.1. The molecule has 0 saturated carbocycles. The van der Waals surface area contributed by atoms with Crippen molar-refractivity contribution in [1.29, 1.82) is 0 Å². The number of nitrogens with two attached hydrogens (primary N) is 1. The first kappa shape index (κ1) is 28.2. The van der Waals surface area contributed by atoms with Crippen LogP contribution in [0.4, 0.5) is 0 Å². The van der Waals surface area contributed by atoms with E-state index in [2.05, 4.69) is 97.1 Å². The predicted octanol–water partition coefficient (Wildman–Crippen LogP) is 4.02. The van der Waals surface area contributed by atoms with E-state index in [-0.39, 0.29) is 24.0 Å². The minimum Gasteiger partial charge on any atom is -0.481 e. The third-order valence-electron chi connectivity index (χ3n) is 7.35. The van der Waals surface area contributed by atoms with Crippen LogP contribution in [0.3, 0.4) is 0 Å². The molecule has 1 heterocycles. The Kier molecular flexibility index (Phi) is 9.39. The molecule has 1 aliphatic rings. The van der Waals surface area contributed by atoms with Crippen LogP contribution in [-0.2, 0) is 9.59 Å². The van der Waals surface area contributed by atoms with Gasteiger partial charge in [0, 0.05) is 18.2 Å². The van der Waals surface area contributed by atoms with Crippen molar-refractivity contribution in [2.24, 2.45) is 5.73 Å². The van der Waals surface area contributed by atoms with Gasteiger partial charge in [-0.25, -0.2) is 0 Å². The monoisotopic (exact) mass is 568 g/mol. The van der Waals surface area contributed by atoms with Gasteiger partial charge in [-0.1, -0.05) is 121 Å². The maximum absolute atomic E-state index is 13.7. The zero-order chi connectivity index (χ0) is 27.9. The standard InChI is InChI=1S/C33H34N2O3P2/c34-31(22-32(36)37)33(38)35-23-30(40(28-17-9-3-10-18-28)29-19-11-4-12-20-29)21-25(35)24-39(26-13-5-1-6-14-26)27-15-7-2-8-16-27/h1-20,25,30-31H,21-24,34H2,(H,36,37)/t25-,30-,31-/m0/s1. The molecule has 4 aromatic rings. The third-order valence-corrected chi connectivity index (χ3v) is 12.8. The molecule has 0 aliphatic carbocycles. The van der Waals surface area contributed by atoms with Crippen molar-refractivity contribution >= 4 is 48.9 Å². The number of carboxylic acid groups (broad SMARTS) is 1. The minimum atomic E-state index is -1.06. The number of hydrogen-bond acceptors (Lipinski definition) is 3. The summed E-state index contributed by atoms with van der Waals surface area (Å²) in [4.78, 5) is 27.1. The number of hydrogen-bond donors (Lipinski definition) is 2. The van der Waals surface area contributed by atoms with Gasteiger partial charge >= 0.3 is 5.97 Å². The Morgan fingerprint density at radius 3 is 1.60 bits per heavy atom. The third kappa shape index (κ3) is 6.67. The number of carbonyl (C=O) groups is 2. The summed E-state index contributed by atoms with van der Waals surface area (Å²) in [5, 5.41) is 14.5. The zero-order valence-corrected chi connectivity index (χ0v) is 24.1. The molecule has 204 valence electrons. The summed E-state index contributed by atoms with van der Waals surface area (Å²) in [5.41, 5.74) is 6.43. The second-order valence-electron chi connectivity index (χ2n) is 10.1. The fourth-order valence-corrected chi connectivity index (χ4v) is 11.0. The van der Waals surface area contributed by atoms with Gasteiger partial charge in [0.2, 0.25) is 5.91 Å². The van der Waals surface area contributed by atoms with Crippen LogP contribution >= 0.6 is 15.8 Å². The summed E-state index contributed by atoms with van der Waals surface area (Å²) < 4.78 is 0. The number of carboxylic acids is 1.